The Bertz CT molecular complexity index is 567. The smallest absolute Gasteiger partial charge is 0.253 e. The first-order valence-corrected chi connectivity index (χ1v) is 8.19. The number of halogens is 1. The van der Waals surface area contributed by atoms with Crippen LogP contribution in [0.15, 0.2) is 24.3 Å². The Morgan fingerprint density at radius 3 is 2.42 bits per heavy atom. The largest absolute Gasteiger partial charge is 0.352 e. The second-order valence-corrected chi connectivity index (χ2v) is 7.28. The van der Waals surface area contributed by atoms with Crippen molar-refractivity contribution in [2.24, 2.45) is 11.1 Å². The van der Waals surface area contributed by atoms with Gasteiger partial charge in [-0.2, -0.15) is 0 Å². The van der Waals surface area contributed by atoms with Crippen molar-refractivity contribution in [3.63, 3.8) is 0 Å². The SMILES string of the molecule is CC(C)(C)C(=O)NCc1ccc(C(=O)N2CCCC(N)C2)cc1.Cl. The second kappa shape index (κ2) is 8.49. The third-order valence-corrected chi connectivity index (χ3v) is 4.08. The zero-order valence-corrected chi connectivity index (χ0v) is 15.5. The van der Waals surface area contributed by atoms with Crippen molar-refractivity contribution < 1.29 is 9.59 Å². The molecule has 1 aromatic carbocycles. The summed E-state index contributed by atoms with van der Waals surface area (Å²) in [5.41, 5.74) is 7.19. The molecule has 1 aromatic rings. The van der Waals surface area contributed by atoms with Gasteiger partial charge in [0.25, 0.3) is 5.91 Å². The maximum Gasteiger partial charge on any atom is 0.253 e. The molecule has 2 amide bonds. The van der Waals surface area contributed by atoms with Crippen LogP contribution in [0.25, 0.3) is 0 Å². The molecule has 1 atom stereocenters. The summed E-state index contributed by atoms with van der Waals surface area (Å²) < 4.78 is 0. The Kier molecular flexibility index (Phi) is 7.24. The third kappa shape index (κ3) is 5.49. The van der Waals surface area contributed by atoms with E-state index in [1.54, 1.807) is 0 Å². The molecule has 0 radical (unpaired) electrons. The highest BCUT2D eigenvalue weighted by atomic mass is 35.5. The van der Waals surface area contributed by atoms with E-state index in [0.29, 0.717) is 18.7 Å². The minimum Gasteiger partial charge on any atom is -0.352 e. The zero-order chi connectivity index (χ0) is 17.0. The summed E-state index contributed by atoms with van der Waals surface area (Å²) in [5.74, 6) is 0.0467. The van der Waals surface area contributed by atoms with E-state index in [1.165, 1.54) is 0 Å². The first kappa shape index (κ1) is 20.5. The van der Waals surface area contributed by atoms with E-state index >= 15 is 0 Å². The number of hydrogen-bond acceptors (Lipinski definition) is 3. The Labute approximate surface area is 150 Å². The molecule has 24 heavy (non-hydrogen) atoms. The van der Waals surface area contributed by atoms with Crippen molar-refractivity contribution in [2.75, 3.05) is 13.1 Å². The van der Waals surface area contributed by atoms with E-state index in [4.69, 9.17) is 5.73 Å². The topological polar surface area (TPSA) is 75.4 Å². The minimum absolute atomic E-state index is 0. The van der Waals surface area contributed by atoms with Crippen molar-refractivity contribution in [3.8, 4) is 0 Å². The molecule has 1 heterocycles. The first-order chi connectivity index (χ1) is 10.8. The molecule has 1 fully saturated rings. The quantitative estimate of drug-likeness (QED) is 0.875. The molecule has 1 saturated heterocycles. The average molecular weight is 354 g/mol. The van der Waals surface area contributed by atoms with E-state index in [1.807, 2.05) is 49.9 Å². The lowest BCUT2D eigenvalue weighted by atomic mass is 9.95. The maximum absolute atomic E-state index is 12.5. The molecule has 0 bridgehead atoms. The second-order valence-electron chi connectivity index (χ2n) is 7.28. The van der Waals surface area contributed by atoms with E-state index in [-0.39, 0.29) is 30.3 Å². The number of carbonyl (C=O) groups is 2. The van der Waals surface area contributed by atoms with E-state index < -0.39 is 5.41 Å². The number of rotatable bonds is 3. The van der Waals surface area contributed by atoms with Gasteiger partial charge < -0.3 is 16.0 Å². The normalized spacial score (nSPS) is 17.8. The minimum atomic E-state index is -0.400. The molecule has 1 aliphatic rings. The Morgan fingerprint density at radius 1 is 1.25 bits per heavy atom. The van der Waals surface area contributed by atoms with Crippen LogP contribution in [0.4, 0.5) is 0 Å². The predicted molar refractivity (Wildman–Crippen MR) is 98.1 cm³/mol. The lowest BCUT2D eigenvalue weighted by Gasteiger charge is -2.30. The molecule has 3 N–H and O–H groups in total. The number of nitrogens with two attached hydrogens (primary N) is 1. The van der Waals surface area contributed by atoms with Crippen LogP contribution in [0, 0.1) is 5.41 Å². The highest BCUT2D eigenvalue weighted by molar-refractivity contribution is 5.94. The van der Waals surface area contributed by atoms with Crippen LogP contribution in [0.2, 0.25) is 0 Å². The van der Waals surface area contributed by atoms with Crippen LogP contribution in [0.1, 0.15) is 49.5 Å². The Morgan fingerprint density at radius 2 is 1.88 bits per heavy atom. The Hall–Kier alpha value is -1.59. The van der Waals surface area contributed by atoms with Crippen LogP contribution < -0.4 is 11.1 Å². The van der Waals surface area contributed by atoms with Gasteiger partial charge in [0.05, 0.1) is 0 Å². The van der Waals surface area contributed by atoms with Gasteiger partial charge in [-0.25, -0.2) is 0 Å². The van der Waals surface area contributed by atoms with Gasteiger partial charge in [0.2, 0.25) is 5.91 Å². The van der Waals surface area contributed by atoms with Crippen LogP contribution in [-0.4, -0.2) is 35.8 Å². The van der Waals surface area contributed by atoms with Gasteiger partial charge in [-0.1, -0.05) is 32.9 Å². The highest BCUT2D eigenvalue weighted by Gasteiger charge is 2.22. The van der Waals surface area contributed by atoms with Crippen LogP contribution in [-0.2, 0) is 11.3 Å². The van der Waals surface area contributed by atoms with E-state index in [9.17, 15) is 9.59 Å². The number of piperidine rings is 1. The molecular formula is C18H28ClN3O2. The number of hydrogen-bond donors (Lipinski definition) is 2. The number of carbonyl (C=O) groups excluding carboxylic acids is 2. The fourth-order valence-electron chi connectivity index (χ4n) is 2.59. The van der Waals surface area contributed by atoms with Crippen molar-refractivity contribution in [1.29, 1.82) is 0 Å². The molecule has 0 aliphatic carbocycles. The number of nitrogens with zero attached hydrogens (tertiary/aromatic N) is 1. The first-order valence-electron chi connectivity index (χ1n) is 8.19. The zero-order valence-electron chi connectivity index (χ0n) is 14.7. The summed E-state index contributed by atoms with van der Waals surface area (Å²) >= 11 is 0. The molecule has 5 nitrogen and oxygen atoms in total. The van der Waals surface area contributed by atoms with E-state index in [0.717, 1.165) is 24.9 Å². The summed E-state index contributed by atoms with van der Waals surface area (Å²) in [6.07, 6.45) is 1.94. The fourth-order valence-corrected chi connectivity index (χ4v) is 2.59. The molecule has 1 aliphatic heterocycles. The van der Waals surface area contributed by atoms with Crippen LogP contribution >= 0.6 is 12.4 Å². The maximum atomic E-state index is 12.5. The average Bonchev–Trinajstić information content (AvgIpc) is 2.51. The molecule has 0 saturated carbocycles. The molecule has 6 heteroatoms. The summed E-state index contributed by atoms with van der Waals surface area (Å²) in [6.45, 7) is 7.52. The van der Waals surface area contributed by atoms with Crippen LogP contribution in [0.3, 0.4) is 0 Å². The van der Waals surface area contributed by atoms with Crippen molar-refractivity contribution in [1.82, 2.24) is 10.2 Å². The highest BCUT2D eigenvalue weighted by Crippen LogP contribution is 2.15. The summed E-state index contributed by atoms with van der Waals surface area (Å²) in [7, 11) is 0. The van der Waals surface area contributed by atoms with Crippen LogP contribution in [0.5, 0.6) is 0 Å². The number of benzene rings is 1. The number of amides is 2. The molecule has 134 valence electrons. The van der Waals surface area contributed by atoms with Crippen molar-refractivity contribution in [3.05, 3.63) is 35.4 Å². The molecule has 1 unspecified atom stereocenters. The van der Waals surface area contributed by atoms with Gasteiger partial charge in [-0.3, -0.25) is 9.59 Å². The van der Waals surface area contributed by atoms with Gasteiger partial charge in [0.1, 0.15) is 0 Å². The monoisotopic (exact) mass is 353 g/mol. The molecule has 0 aromatic heterocycles. The van der Waals surface area contributed by atoms with Gasteiger partial charge in [0, 0.05) is 36.7 Å². The summed E-state index contributed by atoms with van der Waals surface area (Å²) in [4.78, 5) is 26.1. The summed E-state index contributed by atoms with van der Waals surface area (Å²) in [6, 6.07) is 7.50. The predicted octanol–water partition coefficient (Wildman–Crippen LogP) is 2.33. The lowest BCUT2D eigenvalue weighted by molar-refractivity contribution is -0.128. The van der Waals surface area contributed by atoms with Gasteiger partial charge in [-0.15, -0.1) is 12.4 Å². The molecular weight excluding hydrogens is 326 g/mol. The van der Waals surface area contributed by atoms with E-state index in [2.05, 4.69) is 5.32 Å². The fraction of sp³-hybridized carbons (Fsp3) is 0.556. The summed E-state index contributed by atoms with van der Waals surface area (Å²) in [5, 5.41) is 2.91. The third-order valence-electron chi connectivity index (χ3n) is 4.08. The van der Waals surface area contributed by atoms with Crippen molar-refractivity contribution in [2.45, 2.75) is 46.2 Å². The van der Waals surface area contributed by atoms with Gasteiger partial charge >= 0.3 is 0 Å². The standard InChI is InChI=1S/C18H27N3O2.ClH/c1-18(2,3)17(23)20-11-13-6-8-14(9-7-13)16(22)21-10-4-5-15(19)12-21;/h6-9,15H,4-5,10-12,19H2,1-3H3,(H,20,23);1H. The molecule has 2 rings (SSSR count). The van der Waals surface area contributed by atoms with Gasteiger partial charge in [-0.05, 0) is 30.5 Å². The number of nitrogens with one attached hydrogen (secondary N) is 1. The number of likely N-dealkylation sites (tertiary alicyclic amines) is 1. The lowest BCUT2D eigenvalue weighted by Crippen LogP contribution is -2.45. The van der Waals surface area contributed by atoms with Crippen molar-refractivity contribution >= 4 is 24.2 Å². The van der Waals surface area contributed by atoms with Gasteiger partial charge in [0.15, 0.2) is 0 Å². The Balaban J connectivity index is 0.00000288. The molecule has 0 spiro atoms.